The van der Waals surface area contributed by atoms with E-state index in [1.54, 1.807) is 6.07 Å². The fourth-order valence-electron chi connectivity index (χ4n) is 2.57. The maximum absolute atomic E-state index is 12.8. The first-order chi connectivity index (χ1) is 12.7. The van der Waals surface area contributed by atoms with Gasteiger partial charge in [-0.2, -0.15) is 0 Å². The number of hydrogen-bond acceptors (Lipinski definition) is 4. The second kappa shape index (κ2) is 7.64. The van der Waals surface area contributed by atoms with Gasteiger partial charge in [-0.25, -0.2) is 13.2 Å². The van der Waals surface area contributed by atoms with Gasteiger partial charge in [-0.05, 0) is 42.3 Å². The van der Waals surface area contributed by atoms with Gasteiger partial charge in [0.2, 0.25) is 0 Å². The molecule has 0 radical (unpaired) electrons. The van der Waals surface area contributed by atoms with Crippen LogP contribution in [0.5, 0.6) is 0 Å². The molecule has 0 amide bonds. The molecule has 8 heteroatoms. The van der Waals surface area contributed by atoms with E-state index >= 15 is 0 Å². The number of sulfone groups is 1. The Morgan fingerprint density at radius 3 is 2.19 bits per heavy atom. The topological polar surface area (TPSA) is 71.4 Å². The van der Waals surface area contributed by atoms with E-state index in [9.17, 15) is 18.3 Å². The van der Waals surface area contributed by atoms with Crippen molar-refractivity contribution in [2.24, 2.45) is 0 Å². The summed E-state index contributed by atoms with van der Waals surface area (Å²) in [6.07, 6.45) is 0. The van der Waals surface area contributed by atoms with Crippen LogP contribution in [0.15, 0.2) is 53.4 Å². The molecule has 1 aromatic heterocycles. The summed E-state index contributed by atoms with van der Waals surface area (Å²) < 4.78 is 25.5. The molecule has 1 heterocycles. The maximum Gasteiger partial charge on any atom is 0.346 e. The molecule has 0 saturated heterocycles. The minimum Gasteiger partial charge on any atom is -0.477 e. The van der Waals surface area contributed by atoms with Gasteiger partial charge in [0.1, 0.15) is 4.88 Å². The standard InChI is InChI=1S/C19H14Cl2O4S2/c1-11-2-4-12(5-3-11)17-6-13(18(26-17)19(22)23)10-27(24,25)16-8-14(20)7-15(21)9-16/h2-9H,10H2,1H3,(H,22,23). The molecule has 0 aliphatic heterocycles. The average molecular weight is 441 g/mol. The van der Waals surface area contributed by atoms with Gasteiger partial charge < -0.3 is 5.11 Å². The number of carbonyl (C=O) groups is 1. The third kappa shape index (κ3) is 4.52. The number of aryl methyl sites for hydroxylation is 1. The summed E-state index contributed by atoms with van der Waals surface area (Å²) in [6.45, 7) is 1.95. The van der Waals surface area contributed by atoms with Gasteiger partial charge in [-0.3, -0.25) is 0 Å². The molecule has 0 aliphatic carbocycles. The Bertz CT molecular complexity index is 1100. The predicted octanol–water partition coefficient (Wildman–Crippen LogP) is 5.70. The molecule has 0 atom stereocenters. The Morgan fingerprint density at radius 2 is 1.63 bits per heavy atom. The van der Waals surface area contributed by atoms with Crippen LogP contribution in [0.1, 0.15) is 20.8 Å². The van der Waals surface area contributed by atoms with Gasteiger partial charge in [-0.1, -0.05) is 53.0 Å². The molecule has 0 fully saturated rings. The normalized spacial score (nSPS) is 11.5. The molecule has 0 aliphatic rings. The van der Waals surface area contributed by atoms with Crippen molar-refractivity contribution in [1.82, 2.24) is 0 Å². The summed E-state index contributed by atoms with van der Waals surface area (Å²) in [6, 6.07) is 13.2. The maximum atomic E-state index is 12.8. The lowest BCUT2D eigenvalue weighted by atomic mass is 10.1. The zero-order chi connectivity index (χ0) is 19.8. The van der Waals surface area contributed by atoms with Crippen molar-refractivity contribution in [3.8, 4) is 10.4 Å². The van der Waals surface area contributed by atoms with E-state index < -0.39 is 21.6 Å². The highest BCUT2D eigenvalue weighted by Crippen LogP contribution is 2.34. The number of rotatable bonds is 5. The van der Waals surface area contributed by atoms with Gasteiger partial charge in [0.25, 0.3) is 0 Å². The van der Waals surface area contributed by atoms with Crippen molar-refractivity contribution < 1.29 is 18.3 Å². The van der Waals surface area contributed by atoms with Crippen LogP contribution in [0.4, 0.5) is 0 Å². The van der Waals surface area contributed by atoms with Crippen molar-refractivity contribution in [2.45, 2.75) is 17.6 Å². The number of halogens is 2. The van der Waals surface area contributed by atoms with Crippen LogP contribution in [0.3, 0.4) is 0 Å². The Balaban J connectivity index is 2.03. The number of thiophene rings is 1. The van der Waals surface area contributed by atoms with Gasteiger partial charge >= 0.3 is 5.97 Å². The molecule has 3 aromatic rings. The van der Waals surface area contributed by atoms with Crippen LogP contribution < -0.4 is 0 Å². The summed E-state index contributed by atoms with van der Waals surface area (Å²) in [7, 11) is -3.82. The van der Waals surface area contributed by atoms with Gasteiger partial charge in [-0.15, -0.1) is 11.3 Å². The van der Waals surface area contributed by atoms with Gasteiger partial charge in [0.05, 0.1) is 10.6 Å². The molecule has 0 spiro atoms. The van der Waals surface area contributed by atoms with E-state index in [0.29, 0.717) is 4.88 Å². The highest BCUT2D eigenvalue weighted by atomic mass is 35.5. The van der Waals surface area contributed by atoms with Crippen molar-refractivity contribution in [3.63, 3.8) is 0 Å². The Labute approximate surface area is 170 Å². The monoisotopic (exact) mass is 440 g/mol. The molecule has 27 heavy (non-hydrogen) atoms. The van der Waals surface area contributed by atoms with Crippen LogP contribution in [0, 0.1) is 6.92 Å². The number of aromatic carboxylic acids is 1. The zero-order valence-electron chi connectivity index (χ0n) is 14.1. The first-order valence-electron chi connectivity index (χ1n) is 7.77. The lowest BCUT2D eigenvalue weighted by Gasteiger charge is -2.06. The van der Waals surface area contributed by atoms with E-state index in [-0.39, 0.29) is 25.4 Å². The van der Waals surface area contributed by atoms with Crippen molar-refractivity contribution in [2.75, 3.05) is 0 Å². The number of carboxylic acid groups (broad SMARTS) is 1. The zero-order valence-corrected chi connectivity index (χ0v) is 17.2. The van der Waals surface area contributed by atoms with E-state index in [1.807, 2.05) is 31.2 Å². The van der Waals surface area contributed by atoms with Crippen LogP contribution >= 0.6 is 34.5 Å². The van der Waals surface area contributed by atoms with Gasteiger partial charge in [0.15, 0.2) is 9.84 Å². The lowest BCUT2D eigenvalue weighted by Crippen LogP contribution is -2.07. The first-order valence-corrected chi connectivity index (χ1v) is 11.0. The van der Waals surface area contributed by atoms with Crippen molar-refractivity contribution in [3.05, 3.63) is 74.6 Å². The average Bonchev–Trinajstić information content (AvgIpc) is 2.98. The molecule has 2 aromatic carbocycles. The fraction of sp³-hybridized carbons (Fsp3) is 0.105. The SMILES string of the molecule is Cc1ccc(-c2cc(CS(=O)(=O)c3cc(Cl)cc(Cl)c3)c(C(=O)O)s2)cc1. The van der Waals surface area contributed by atoms with E-state index in [1.165, 1.54) is 18.2 Å². The summed E-state index contributed by atoms with van der Waals surface area (Å²) >= 11 is 12.8. The lowest BCUT2D eigenvalue weighted by molar-refractivity contribution is 0.0701. The number of benzene rings is 2. The van der Waals surface area contributed by atoms with Crippen LogP contribution in [0.25, 0.3) is 10.4 Å². The Hall–Kier alpha value is -1.86. The van der Waals surface area contributed by atoms with Crippen molar-refractivity contribution in [1.29, 1.82) is 0 Å². The predicted molar refractivity (Wildman–Crippen MR) is 109 cm³/mol. The smallest absolute Gasteiger partial charge is 0.346 e. The molecule has 0 bridgehead atoms. The van der Waals surface area contributed by atoms with Gasteiger partial charge in [0, 0.05) is 14.9 Å². The van der Waals surface area contributed by atoms with Crippen molar-refractivity contribution >= 4 is 50.3 Å². The van der Waals surface area contributed by atoms with Crippen LogP contribution in [-0.4, -0.2) is 19.5 Å². The van der Waals surface area contributed by atoms with E-state index in [4.69, 9.17) is 23.2 Å². The molecule has 1 N–H and O–H groups in total. The molecule has 4 nitrogen and oxygen atoms in total. The van der Waals surface area contributed by atoms with Crippen LogP contribution in [-0.2, 0) is 15.6 Å². The summed E-state index contributed by atoms with van der Waals surface area (Å²) in [5.41, 5.74) is 2.15. The third-order valence-corrected chi connectivity index (χ3v) is 7.18. The quantitative estimate of drug-likeness (QED) is 0.551. The largest absolute Gasteiger partial charge is 0.477 e. The minimum atomic E-state index is -3.82. The molecule has 3 rings (SSSR count). The first kappa shape index (κ1) is 19.9. The van der Waals surface area contributed by atoms with Crippen LogP contribution in [0.2, 0.25) is 10.0 Å². The number of hydrogen-bond donors (Lipinski definition) is 1. The molecule has 140 valence electrons. The highest BCUT2D eigenvalue weighted by molar-refractivity contribution is 7.90. The fourth-order valence-corrected chi connectivity index (χ4v) is 5.76. The summed E-state index contributed by atoms with van der Waals surface area (Å²) in [5, 5.41) is 9.90. The van der Waals surface area contributed by atoms with E-state index in [2.05, 4.69) is 0 Å². The summed E-state index contributed by atoms with van der Waals surface area (Å²) in [5.74, 6) is -1.61. The van der Waals surface area contributed by atoms with E-state index in [0.717, 1.165) is 22.5 Å². The summed E-state index contributed by atoms with van der Waals surface area (Å²) in [4.78, 5) is 12.3. The highest BCUT2D eigenvalue weighted by Gasteiger charge is 2.23. The number of carboxylic acids is 1. The molecular formula is C19H14Cl2O4S2. The Morgan fingerprint density at radius 1 is 1.04 bits per heavy atom. The second-order valence-electron chi connectivity index (χ2n) is 6.00. The molecular weight excluding hydrogens is 427 g/mol. The molecule has 0 saturated carbocycles. The second-order valence-corrected chi connectivity index (χ2v) is 9.92. The Kier molecular flexibility index (Phi) is 5.63. The minimum absolute atomic E-state index is 0.00211. The molecule has 0 unspecified atom stereocenters. The third-order valence-electron chi connectivity index (χ3n) is 3.88.